The Bertz CT molecular complexity index is 2430. The Morgan fingerprint density at radius 2 is 1.09 bits per heavy atom. The van der Waals surface area contributed by atoms with Crippen molar-refractivity contribution in [1.82, 2.24) is 14.5 Å². The van der Waals surface area contributed by atoms with E-state index in [1.165, 1.54) is 32.7 Å². The Kier molecular flexibility index (Phi) is 5.68. The fourth-order valence-electron chi connectivity index (χ4n) is 6.48. The molecule has 0 amide bonds. The van der Waals surface area contributed by atoms with Crippen LogP contribution in [0.2, 0.25) is 0 Å². The van der Waals surface area contributed by atoms with Crippen molar-refractivity contribution in [3.8, 4) is 39.5 Å². The molecule has 0 aliphatic heterocycles. The third-order valence-electron chi connectivity index (χ3n) is 8.51. The van der Waals surface area contributed by atoms with Gasteiger partial charge in [-0.15, -0.1) is 11.3 Å². The fraction of sp³-hybridized carbons (Fsp3) is 0. The number of nitrogens with zero attached hydrogens (tertiary/aromatic N) is 3. The zero-order valence-corrected chi connectivity index (χ0v) is 24.5. The molecule has 9 rings (SSSR count). The summed E-state index contributed by atoms with van der Waals surface area (Å²) in [5, 5.41) is 10.3. The van der Waals surface area contributed by atoms with E-state index >= 15 is 0 Å². The van der Waals surface area contributed by atoms with Gasteiger partial charge in [-0.05, 0) is 63.4 Å². The van der Waals surface area contributed by atoms with Gasteiger partial charge in [-0.2, -0.15) is 0 Å². The van der Waals surface area contributed by atoms with Crippen LogP contribution >= 0.6 is 11.3 Å². The van der Waals surface area contributed by atoms with E-state index in [0.717, 1.165) is 44.3 Å². The van der Waals surface area contributed by atoms with E-state index in [9.17, 15) is 0 Å². The maximum atomic E-state index is 5.39. The topological polar surface area (TPSA) is 30.7 Å². The van der Waals surface area contributed by atoms with E-state index in [-0.39, 0.29) is 0 Å². The number of hydrogen-bond acceptors (Lipinski definition) is 3. The highest BCUT2D eigenvalue weighted by atomic mass is 32.1. The molecule has 0 radical (unpaired) electrons. The van der Waals surface area contributed by atoms with Crippen molar-refractivity contribution in [3.05, 3.63) is 150 Å². The van der Waals surface area contributed by atoms with Gasteiger partial charge in [0.05, 0.1) is 22.2 Å². The van der Waals surface area contributed by atoms with Gasteiger partial charge in [-0.25, -0.2) is 9.97 Å². The molecule has 0 fully saturated rings. The van der Waals surface area contributed by atoms with Crippen LogP contribution in [-0.2, 0) is 0 Å². The molecule has 9 aromatic rings. The summed E-state index contributed by atoms with van der Waals surface area (Å²) in [7, 11) is 0. The van der Waals surface area contributed by atoms with Crippen LogP contribution < -0.4 is 0 Å². The maximum Gasteiger partial charge on any atom is 0.235 e. The van der Waals surface area contributed by atoms with Crippen LogP contribution in [0, 0.1) is 0 Å². The minimum atomic E-state index is 0.679. The molecular weight excluding hydrogens is 555 g/mol. The normalized spacial score (nSPS) is 11.6. The summed E-state index contributed by atoms with van der Waals surface area (Å²) in [5.41, 5.74) is 9.84. The van der Waals surface area contributed by atoms with Crippen LogP contribution in [-0.4, -0.2) is 14.5 Å². The van der Waals surface area contributed by atoms with Crippen molar-refractivity contribution in [2.24, 2.45) is 0 Å². The van der Waals surface area contributed by atoms with Crippen molar-refractivity contribution in [3.63, 3.8) is 0 Å². The first-order valence-electron chi connectivity index (χ1n) is 14.7. The number of thiophene rings is 1. The first kappa shape index (κ1) is 25.0. The predicted octanol–water partition coefficient (Wildman–Crippen LogP) is 10.9. The number of benzene rings is 6. The number of para-hydroxylation sites is 1. The fourth-order valence-corrected chi connectivity index (χ4v) is 7.23. The summed E-state index contributed by atoms with van der Waals surface area (Å²) in [5.74, 6) is 0.679. The molecule has 3 heterocycles. The van der Waals surface area contributed by atoms with Crippen LogP contribution in [0.5, 0.6) is 0 Å². The van der Waals surface area contributed by atoms with Crippen LogP contribution in [0.15, 0.2) is 150 Å². The van der Waals surface area contributed by atoms with Gasteiger partial charge >= 0.3 is 0 Å². The molecule has 44 heavy (non-hydrogen) atoms. The van der Waals surface area contributed by atoms with Gasteiger partial charge in [0, 0.05) is 32.5 Å². The summed E-state index contributed by atoms with van der Waals surface area (Å²) in [6, 6.07) is 49.6. The highest BCUT2D eigenvalue weighted by molar-refractivity contribution is 7.09. The predicted molar refractivity (Wildman–Crippen MR) is 186 cm³/mol. The molecule has 206 valence electrons. The monoisotopic (exact) mass is 579 g/mol. The average molecular weight is 580 g/mol. The first-order valence-corrected chi connectivity index (χ1v) is 15.7. The van der Waals surface area contributed by atoms with Gasteiger partial charge in [0.25, 0.3) is 0 Å². The van der Waals surface area contributed by atoms with E-state index in [1.807, 2.05) is 0 Å². The van der Waals surface area contributed by atoms with E-state index in [0.29, 0.717) is 5.95 Å². The van der Waals surface area contributed by atoms with Gasteiger partial charge in [0.15, 0.2) is 0 Å². The molecular formula is C40H25N3S. The molecule has 4 heteroatoms. The number of rotatable bonds is 4. The van der Waals surface area contributed by atoms with Crippen molar-refractivity contribution < 1.29 is 0 Å². The molecule has 0 saturated carbocycles. The van der Waals surface area contributed by atoms with Crippen LogP contribution in [0.3, 0.4) is 0 Å². The molecule has 3 aromatic heterocycles. The zero-order valence-electron chi connectivity index (χ0n) is 23.7. The summed E-state index contributed by atoms with van der Waals surface area (Å²) in [6.45, 7) is 0. The van der Waals surface area contributed by atoms with Gasteiger partial charge in [0.1, 0.15) is 0 Å². The highest BCUT2D eigenvalue weighted by Crippen LogP contribution is 2.39. The van der Waals surface area contributed by atoms with E-state index in [4.69, 9.17) is 9.97 Å². The molecule has 3 nitrogen and oxygen atoms in total. The van der Waals surface area contributed by atoms with Gasteiger partial charge < -0.3 is 0 Å². The number of hydrogen-bond donors (Lipinski definition) is 0. The van der Waals surface area contributed by atoms with E-state index in [2.05, 4.69) is 155 Å². The summed E-state index contributed by atoms with van der Waals surface area (Å²) in [4.78, 5) is 10.6. The van der Waals surface area contributed by atoms with Gasteiger partial charge in [-0.3, -0.25) is 4.57 Å². The Balaban J connectivity index is 1.34. The largest absolute Gasteiger partial charge is 0.278 e. The van der Waals surface area contributed by atoms with Crippen LogP contribution in [0.25, 0.3) is 82.9 Å². The van der Waals surface area contributed by atoms with Gasteiger partial charge in [-0.1, -0.05) is 109 Å². The quantitative estimate of drug-likeness (QED) is 0.208. The minimum Gasteiger partial charge on any atom is -0.278 e. The van der Waals surface area contributed by atoms with Crippen molar-refractivity contribution in [2.45, 2.75) is 0 Å². The summed E-state index contributed by atoms with van der Waals surface area (Å²) >= 11 is 1.67. The lowest BCUT2D eigenvalue weighted by Gasteiger charge is -2.13. The molecule has 0 unspecified atom stereocenters. The third-order valence-corrected chi connectivity index (χ3v) is 9.24. The average Bonchev–Trinajstić information content (AvgIpc) is 3.71. The summed E-state index contributed by atoms with van der Waals surface area (Å²) < 4.78 is 2.23. The SMILES string of the molecule is c1ccc(-c2cc(-c3ccccc3)cc(-c3nc(-n4c5ccccc5c5c6ccccc6ccc54)nc4cscc34)c2)cc1. The molecule has 0 spiro atoms. The molecule has 6 aromatic carbocycles. The van der Waals surface area contributed by atoms with E-state index < -0.39 is 0 Å². The standard InChI is InChI=1S/C40H25N3S/c1-3-11-26(12-4-1)29-21-30(27-13-5-2-6-14-27)23-31(22-29)39-34-24-44-25-35(34)41-40(42-39)43-36-18-10-9-17-33(36)38-32-16-8-7-15-28(32)19-20-37(38)43/h1-25H. The van der Waals surface area contributed by atoms with Crippen LogP contribution in [0.4, 0.5) is 0 Å². The molecule has 0 bridgehead atoms. The number of aromatic nitrogens is 3. The Morgan fingerprint density at radius 1 is 0.455 bits per heavy atom. The van der Waals surface area contributed by atoms with Crippen molar-refractivity contribution in [2.75, 3.05) is 0 Å². The molecule has 0 atom stereocenters. The number of fused-ring (bicyclic) bond motifs is 6. The molecule has 0 saturated heterocycles. The molecule has 0 aliphatic carbocycles. The Labute approximate surface area is 258 Å². The third kappa shape index (κ3) is 3.96. The van der Waals surface area contributed by atoms with Crippen molar-refractivity contribution in [1.29, 1.82) is 0 Å². The van der Waals surface area contributed by atoms with E-state index in [1.54, 1.807) is 11.3 Å². The summed E-state index contributed by atoms with van der Waals surface area (Å²) in [6.07, 6.45) is 0. The maximum absolute atomic E-state index is 5.39. The minimum absolute atomic E-state index is 0.679. The lowest BCUT2D eigenvalue weighted by Crippen LogP contribution is -2.03. The lowest BCUT2D eigenvalue weighted by molar-refractivity contribution is 1.02. The first-order chi connectivity index (χ1) is 21.8. The van der Waals surface area contributed by atoms with Gasteiger partial charge in [0.2, 0.25) is 5.95 Å². The second-order valence-electron chi connectivity index (χ2n) is 11.1. The zero-order chi connectivity index (χ0) is 29.0. The second kappa shape index (κ2) is 10.0. The van der Waals surface area contributed by atoms with Crippen LogP contribution in [0.1, 0.15) is 0 Å². The highest BCUT2D eigenvalue weighted by Gasteiger charge is 2.19. The Morgan fingerprint density at radius 3 is 1.84 bits per heavy atom. The second-order valence-corrected chi connectivity index (χ2v) is 11.9. The lowest BCUT2D eigenvalue weighted by atomic mass is 9.94. The molecule has 0 aliphatic rings. The smallest absolute Gasteiger partial charge is 0.235 e. The Hall–Kier alpha value is -5.58. The molecule has 0 N–H and O–H groups in total. The van der Waals surface area contributed by atoms with Crippen molar-refractivity contribution >= 4 is 54.8 Å².